The second-order valence-electron chi connectivity index (χ2n) is 6.02. The normalized spacial score (nSPS) is 18.0. The Kier molecular flexibility index (Phi) is 4.10. The number of halogens is 1. The minimum atomic E-state index is -0.262. The van der Waals surface area contributed by atoms with Crippen LogP contribution in [0.5, 0.6) is 0 Å². The van der Waals surface area contributed by atoms with Crippen LogP contribution < -0.4 is 4.90 Å². The molecule has 2 aromatic rings. The lowest BCUT2D eigenvalue weighted by Gasteiger charge is -2.28. The molecule has 4 heteroatoms. The summed E-state index contributed by atoms with van der Waals surface area (Å²) in [6.07, 6.45) is 4.16. The van der Waals surface area contributed by atoms with E-state index in [1.807, 2.05) is 6.92 Å². The van der Waals surface area contributed by atoms with Gasteiger partial charge in [0, 0.05) is 6.54 Å². The second kappa shape index (κ2) is 6.03. The first kappa shape index (κ1) is 14.9. The van der Waals surface area contributed by atoms with Crippen LogP contribution in [0.3, 0.4) is 0 Å². The van der Waals surface area contributed by atoms with Crippen LogP contribution in [-0.2, 0) is 6.42 Å². The van der Waals surface area contributed by atoms with Crippen molar-refractivity contribution in [2.75, 3.05) is 11.4 Å². The first-order chi connectivity index (χ1) is 10.6. The lowest BCUT2D eigenvalue weighted by atomic mass is 9.97. The summed E-state index contributed by atoms with van der Waals surface area (Å²) in [7, 11) is 0. The zero-order valence-corrected chi connectivity index (χ0v) is 13.4. The molecule has 3 nitrogen and oxygen atoms in total. The van der Waals surface area contributed by atoms with Gasteiger partial charge in [0.1, 0.15) is 6.33 Å². The third-order valence-electron chi connectivity index (χ3n) is 4.50. The van der Waals surface area contributed by atoms with Gasteiger partial charge in [0.15, 0.2) is 11.6 Å². The maximum Gasteiger partial charge on any atom is 0.187 e. The molecule has 22 heavy (non-hydrogen) atoms. The van der Waals surface area contributed by atoms with E-state index < -0.39 is 0 Å². The topological polar surface area (TPSA) is 29.0 Å². The van der Waals surface area contributed by atoms with Crippen molar-refractivity contribution in [3.05, 3.63) is 52.7 Å². The fourth-order valence-electron chi connectivity index (χ4n) is 3.30. The van der Waals surface area contributed by atoms with Gasteiger partial charge in [0.2, 0.25) is 0 Å². The number of aromatic nitrogens is 2. The molecule has 1 aliphatic rings. The third kappa shape index (κ3) is 2.58. The molecule has 116 valence electrons. The molecule has 0 bridgehead atoms. The molecule has 1 atom stereocenters. The molecule has 0 saturated carbocycles. The van der Waals surface area contributed by atoms with Gasteiger partial charge in [0.25, 0.3) is 0 Å². The Bertz CT molecular complexity index is 684. The van der Waals surface area contributed by atoms with Crippen LogP contribution in [0.15, 0.2) is 24.5 Å². The van der Waals surface area contributed by atoms with Crippen LogP contribution in [-0.4, -0.2) is 16.5 Å². The fraction of sp³-hybridized carbons (Fsp3) is 0.444. The predicted octanol–water partition coefficient (Wildman–Crippen LogP) is 4.14. The first-order valence-corrected chi connectivity index (χ1v) is 7.95. The molecule has 1 aliphatic heterocycles. The van der Waals surface area contributed by atoms with Crippen LogP contribution in [0.2, 0.25) is 0 Å². The Morgan fingerprint density at radius 3 is 2.86 bits per heavy atom. The van der Waals surface area contributed by atoms with E-state index in [1.165, 1.54) is 23.0 Å². The van der Waals surface area contributed by atoms with Gasteiger partial charge in [-0.15, -0.1) is 0 Å². The van der Waals surface area contributed by atoms with Crippen LogP contribution in [0.1, 0.15) is 48.2 Å². The minimum absolute atomic E-state index is 0.203. The zero-order chi connectivity index (χ0) is 15.7. The monoisotopic (exact) mass is 299 g/mol. The SMILES string of the molecule is CCc1ncnc(N2CCCC2c2cc(C)ccc2C)c1F. The van der Waals surface area contributed by atoms with Crippen molar-refractivity contribution in [2.45, 2.75) is 46.1 Å². The number of rotatable bonds is 3. The highest BCUT2D eigenvalue weighted by molar-refractivity contribution is 5.48. The summed E-state index contributed by atoms with van der Waals surface area (Å²) < 4.78 is 14.6. The van der Waals surface area contributed by atoms with Crippen molar-refractivity contribution in [3.8, 4) is 0 Å². The lowest BCUT2D eigenvalue weighted by Crippen LogP contribution is -2.26. The molecule has 0 radical (unpaired) electrons. The van der Waals surface area contributed by atoms with Crippen molar-refractivity contribution in [3.63, 3.8) is 0 Å². The fourth-order valence-corrected chi connectivity index (χ4v) is 3.30. The molecule has 1 aromatic heterocycles. The van der Waals surface area contributed by atoms with E-state index in [0.29, 0.717) is 17.9 Å². The molecule has 0 amide bonds. The maximum absolute atomic E-state index is 14.6. The third-order valence-corrected chi connectivity index (χ3v) is 4.50. The molecule has 0 spiro atoms. The van der Waals surface area contributed by atoms with E-state index in [4.69, 9.17) is 0 Å². The number of hydrogen-bond donors (Lipinski definition) is 0. The van der Waals surface area contributed by atoms with E-state index in [1.54, 1.807) is 0 Å². The van der Waals surface area contributed by atoms with Gasteiger partial charge in [-0.2, -0.15) is 0 Å². The molecule has 2 heterocycles. The Morgan fingerprint density at radius 1 is 1.27 bits per heavy atom. The van der Waals surface area contributed by atoms with Crippen molar-refractivity contribution in [2.24, 2.45) is 0 Å². The van der Waals surface area contributed by atoms with Crippen molar-refractivity contribution in [1.82, 2.24) is 9.97 Å². The largest absolute Gasteiger partial charge is 0.347 e. The molecule has 0 N–H and O–H groups in total. The lowest BCUT2D eigenvalue weighted by molar-refractivity contribution is 0.577. The zero-order valence-electron chi connectivity index (χ0n) is 13.4. The van der Waals surface area contributed by atoms with Crippen LogP contribution >= 0.6 is 0 Å². The quantitative estimate of drug-likeness (QED) is 0.853. The van der Waals surface area contributed by atoms with E-state index in [9.17, 15) is 4.39 Å². The molecular formula is C18H22FN3. The number of nitrogens with zero attached hydrogens (tertiary/aromatic N) is 3. The number of aryl methyl sites for hydroxylation is 3. The van der Waals surface area contributed by atoms with E-state index in [-0.39, 0.29) is 11.9 Å². The second-order valence-corrected chi connectivity index (χ2v) is 6.02. The molecule has 1 aromatic carbocycles. The van der Waals surface area contributed by atoms with Gasteiger partial charge in [-0.05, 0) is 44.2 Å². The van der Waals surface area contributed by atoms with Gasteiger partial charge < -0.3 is 4.90 Å². The number of anilines is 1. The van der Waals surface area contributed by atoms with Gasteiger partial charge in [-0.3, -0.25) is 0 Å². The van der Waals surface area contributed by atoms with Crippen molar-refractivity contribution < 1.29 is 4.39 Å². The molecule has 0 aliphatic carbocycles. The van der Waals surface area contributed by atoms with E-state index >= 15 is 0 Å². The number of hydrogen-bond acceptors (Lipinski definition) is 3. The summed E-state index contributed by atoms with van der Waals surface area (Å²) in [4.78, 5) is 10.4. The van der Waals surface area contributed by atoms with E-state index in [0.717, 1.165) is 19.4 Å². The van der Waals surface area contributed by atoms with Crippen LogP contribution in [0, 0.1) is 19.7 Å². The average molecular weight is 299 g/mol. The molecule has 1 fully saturated rings. The highest BCUT2D eigenvalue weighted by Crippen LogP contribution is 2.38. The highest BCUT2D eigenvalue weighted by atomic mass is 19.1. The molecule has 1 saturated heterocycles. The van der Waals surface area contributed by atoms with Gasteiger partial charge >= 0.3 is 0 Å². The Labute approximate surface area is 131 Å². The van der Waals surface area contributed by atoms with Gasteiger partial charge in [-0.25, -0.2) is 14.4 Å². The summed E-state index contributed by atoms with van der Waals surface area (Å²) in [6.45, 7) is 6.98. The van der Waals surface area contributed by atoms with Gasteiger partial charge in [0.05, 0.1) is 11.7 Å². The summed E-state index contributed by atoms with van der Waals surface area (Å²) in [6, 6.07) is 6.69. The van der Waals surface area contributed by atoms with Crippen LogP contribution in [0.25, 0.3) is 0 Å². The predicted molar refractivity (Wildman–Crippen MR) is 86.6 cm³/mol. The Balaban J connectivity index is 2.02. The van der Waals surface area contributed by atoms with Crippen molar-refractivity contribution in [1.29, 1.82) is 0 Å². The molecule has 1 unspecified atom stereocenters. The summed E-state index contributed by atoms with van der Waals surface area (Å²) in [5.41, 5.74) is 4.28. The molecular weight excluding hydrogens is 277 g/mol. The first-order valence-electron chi connectivity index (χ1n) is 7.95. The average Bonchev–Trinajstić information content (AvgIpc) is 2.99. The smallest absolute Gasteiger partial charge is 0.187 e. The summed E-state index contributed by atoms with van der Waals surface area (Å²) in [5, 5.41) is 0. The Morgan fingerprint density at radius 2 is 2.09 bits per heavy atom. The minimum Gasteiger partial charge on any atom is -0.347 e. The molecule has 3 rings (SSSR count). The standard InChI is InChI=1S/C18H22FN3/c1-4-15-17(19)18(21-11-20-15)22-9-5-6-16(22)14-10-12(2)7-8-13(14)3/h7-8,10-11,16H,4-6,9H2,1-3H3. The number of benzene rings is 1. The van der Waals surface area contributed by atoms with Crippen molar-refractivity contribution >= 4 is 5.82 Å². The Hall–Kier alpha value is -1.97. The maximum atomic E-state index is 14.6. The van der Waals surface area contributed by atoms with Gasteiger partial charge in [-0.1, -0.05) is 30.7 Å². The van der Waals surface area contributed by atoms with Crippen LogP contribution in [0.4, 0.5) is 10.2 Å². The highest BCUT2D eigenvalue weighted by Gasteiger charge is 2.30. The van der Waals surface area contributed by atoms with E-state index in [2.05, 4.69) is 46.9 Å². The summed E-state index contributed by atoms with van der Waals surface area (Å²) >= 11 is 0. The summed E-state index contributed by atoms with van der Waals surface area (Å²) in [5.74, 6) is 0.192.